The molecule has 9 heteroatoms. The van der Waals surface area contributed by atoms with E-state index in [0.717, 1.165) is 4.68 Å². The second-order valence-corrected chi connectivity index (χ2v) is 4.31. The van der Waals surface area contributed by atoms with Crippen molar-refractivity contribution in [2.45, 2.75) is 32.4 Å². The Labute approximate surface area is 119 Å². The molecule has 1 rings (SSSR count). The van der Waals surface area contributed by atoms with Crippen LogP contribution < -0.4 is 16.6 Å². The highest BCUT2D eigenvalue weighted by molar-refractivity contribution is 5.96. The molecule has 0 bridgehead atoms. The van der Waals surface area contributed by atoms with Gasteiger partial charge in [0.15, 0.2) is 0 Å². The van der Waals surface area contributed by atoms with E-state index in [2.05, 4.69) is 10.4 Å². The molecule has 0 aliphatic heterocycles. The summed E-state index contributed by atoms with van der Waals surface area (Å²) >= 11 is 0. The van der Waals surface area contributed by atoms with Gasteiger partial charge in [0, 0.05) is 12.6 Å². The molecule has 0 fully saturated rings. The number of carboxylic acids is 1. The summed E-state index contributed by atoms with van der Waals surface area (Å²) in [5.41, 5.74) is 4.44. The van der Waals surface area contributed by atoms with Gasteiger partial charge in [0.1, 0.15) is 11.7 Å². The molecule has 21 heavy (non-hydrogen) atoms. The van der Waals surface area contributed by atoms with Crippen LogP contribution in [0, 0.1) is 0 Å². The zero-order valence-corrected chi connectivity index (χ0v) is 11.4. The minimum atomic E-state index is -1.44. The van der Waals surface area contributed by atoms with Crippen molar-refractivity contribution in [1.82, 2.24) is 15.1 Å². The van der Waals surface area contributed by atoms with E-state index in [0.29, 0.717) is 13.0 Å². The third-order valence-corrected chi connectivity index (χ3v) is 2.54. The van der Waals surface area contributed by atoms with Crippen LogP contribution in [-0.4, -0.2) is 38.7 Å². The van der Waals surface area contributed by atoms with Crippen molar-refractivity contribution in [1.29, 1.82) is 0 Å². The van der Waals surface area contributed by atoms with Gasteiger partial charge in [-0.25, -0.2) is 9.48 Å². The number of carboxylic acid groups (broad SMARTS) is 1. The topological polar surface area (TPSA) is 144 Å². The minimum absolute atomic E-state index is 0.112. The monoisotopic (exact) mass is 296 g/mol. The SMILES string of the molecule is CCCn1nc(C(=O)N[C@H](CC(N)=O)C(=O)O)ccc1=O. The Bertz CT molecular complexity index is 610. The van der Waals surface area contributed by atoms with E-state index < -0.39 is 30.2 Å². The lowest BCUT2D eigenvalue weighted by Gasteiger charge is -2.12. The highest BCUT2D eigenvalue weighted by Gasteiger charge is 2.23. The highest BCUT2D eigenvalue weighted by Crippen LogP contribution is 1.97. The van der Waals surface area contributed by atoms with E-state index in [4.69, 9.17) is 10.8 Å². The highest BCUT2D eigenvalue weighted by atomic mass is 16.4. The summed E-state index contributed by atoms with van der Waals surface area (Å²) in [5, 5.41) is 14.9. The number of aryl methyl sites for hydroxylation is 1. The Kier molecular flexibility index (Phi) is 5.58. The molecule has 0 radical (unpaired) electrons. The summed E-state index contributed by atoms with van der Waals surface area (Å²) in [5.74, 6) is -3.04. The van der Waals surface area contributed by atoms with Crippen molar-refractivity contribution in [3.05, 3.63) is 28.2 Å². The van der Waals surface area contributed by atoms with Crippen molar-refractivity contribution >= 4 is 17.8 Å². The lowest BCUT2D eigenvalue weighted by atomic mass is 10.2. The van der Waals surface area contributed by atoms with Crippen LogP contribution in [0.3, 0.4) is 0 Å². The molecule has 1 heterocycles. The van der Waals surface area contributed by atoms with E-state index in [9.17, 15) is 19.2 Å². The molecular weight excluding hydrogens is 280 g/mol. The van der Waals surface area contributed by atoms with Gasteiger partial charge in [-0.2, -0.15) is 5.10 Å². The predicted molar refractivity (Wildman–Crippen MR) is 71.5 cm³/mol. The first-order valence-electron chi connectivity index (χ1n) is 6.25. The lowest BCUT2D eigenvalue weighted by molar-refractivity contribution is -0.140. The van der Waals surface area contributed by atoms with Gasteiger partial charge in [-0.05, 0) is 12.5 Å². The number of nitrogens with two attached hydrogens (primary N) is 1. The van der Waals surface area contributed by atoms with Crippen molar-refractivity contribution in [3.8, 4) is 0 Å². The number of amides is 2. The van der Waals surface area contributed by atoms with Crippen LogP contribution in [0.25, 0.3) is 0 Å². The summed E-state index contributed by atoms with van der Waals surface area (Å²) in [6, 6.07) is 0.914. The second-order valence-electron chi connectivity index (χ2n) is 4.31. The van der Waals surface area contributed by atoms with Gasteiger partial charge in [0.25, 0.3) is 11.5 Å². The van der Waals surface area contributed by atoms with Crippen LogP contribution in [0.15, 0.2) is 16.9 Å². The third kappa shape index (κ3) is 4.71. The van der Waals surface area contributed by atoms with Gasteiger partial charge in [0.2, 0.25) is 5.91 Å². The standard InChI is InChI=1S/C12H16N4O5/c1-2-5-16-10(18)4-3-7(15-16)11(19)14-8(12(20)21)6-9(13)17/h3-4,8H,2,5-6H2,1H3,(H2,13,17)(H,14,19)(H,20,21)/t8-/m1/s1. The van der Waals surface area contributed by atoms with Gasteiger partial charge in [-0.1, -0.05) is 6.92 Å². The van der Waals surface area contributed by atoms with E-state index in [1.165, 1.54) is 12.1 Å². The molecule has 0 aromatic carbocycles. The number of nitrogens with one attached hydrogen (secondary N) is 1. The van der Waals surface area contributed by atoms with Crippen molar-refractivity contribution < 1.29 is 19.5 Å². The largest absolute Gasteiger partial charge is 0.480 e. The van der Waals surface area contributed by atoms with Crippen LogP contribution in [0.5, 0.6) is 0 Å². The van der Waals surface area contributed by atoms with E-state index in [-0.39, 0.29) is 11.3 Å². The van der Waals surface area contributed by atoms with Crippen LogP contribution in [0.2, 0.25) is 0 Å². The Hall–Kier alpha value is -2.71. The number of carbonyl (C=O) groups excluding carboxylic acids is 2. The Morgan fingerprint density at radius 1 is 1.43 bits per heavy atom. The molecule has 1 aromatic rings. The Balaban J connectivity index is 2.92. The molecule has 114 valence electrons. The molecule has 1 atom stereocenters. The molecule has 0 saturated carbocycles. The summed E-state index contributed by atoms with van der Waals surface area (Å²) in [6.45, 7) is 2.18. The summed E-state index contributed by atoms with van der Waals surface area (Å²) in [6.07, 6.45) is 0.118. The number of aromatic nitrogens is 2. The molecule has 0 aliphatic carbocycles. The third-order valence-electron chi connectivity index (χ3n) is 2.54. The van der Waals surface area contributed by atoms with E-state index in [1.807, 2.05) is 6.92 Å². The van der Waals surface area contributed by atoms with Crippen LogP contribution in [-0.2, 0) is 16.1 Å². The maximum atomic E-state index is 11.9. The fraction of sp³-hybridized carbons (Fsp3) is 0.417. The molecule has 4 N–H and O–H groups in total. The Morgan fingerprint density at radius 3 is 2.62 bits per heavy atom. The normalized spacial score (nSPS) is 11.7. The average molecular weight is 296 g/mol. The summed E-state index contributed by atoms with van der Waals surface area (Å²) < 4.78 is 1.11. The number of aliphatic carboxylic acids is 1. The van der Waals surface area contributed by atoms with Crippen LogP contribution >= 0.6 is 0 Å². The minimum Gasteiger partial charge on any atom is -0.480 e. The number of hydrogen-bond donors (Lipinski definition) is 3. The van der Waals surface area contributed by atoms with Gasteiger partial charge in [-0.3, -0.25) is 14.4 Å². The zero-order chi connectivity index (χ0) is 16.0. The van der Waals surface area contributed by atoms with Gasteiger partial charge >= 0.3 is 5.97 Å². The van der Waals surface area contributed by atoms with Crippen molar-refractivity contribution in [2.24, 2.45) is 5.73 Å². The average Bonchev–Trinajstić information content (AvgIpc) is 2.40. The second kappa shape index (κ2) is 7.17. The number of rotatable bonds is 7. The van der Waals surface area contributed by atoms with Crippen molar-refractivity contribution in [2.75, 3.05) is 0 Å². The number of primary amides is 1. The molecule has 0 unspecified atom stereocenters. The summed E-state index contributed by atoms with van der Waals surface area (Å²) in [7, 11) is 0. The first-order valence-corrected chi connectivity index (χ1v) is 6.25. The fourth-order valence-electron chi connectivity index (χ4n) is 1.58. The first-order chi connectivity index (χ1) is 9.85. The first kappa shape index (κ1) is 16.3. The quantitative estimate of drug-likeness (QED) is 0.571. The molecule has 0 aliphatic rings. The maximum absolute atomic E-state index is 11.9. The van der Waals surface area contributed by atoms with Gasteiger partial charge < -0.3 is 16.2 Å². The summed E-state index contributed by atoms with van der Waals surface area (Å²) in [4.78, 5) is 45.1. The predicted octanol–water partition coefficient (Wildman–Crippen LogP) is -1.29. The van der Waals surface area contributed by atoms with E-state index >= 15 is 0 Å². The lowest BCUT2D eigenvalue weighted by Crippen LogP contribution is -2.44. The number of hydrogen-bond acceptors (Lipinski definition) is 5. The number of carbonyl (C=O) groups is 3. The molecule has 2 amide bonds. The van der Waals surface area contributed by atoms with Gasteiger partial charge in [-0.15, -0.1) is 0 Å². The van der Waals surface area contributed by atoms with Crippen LogP contribution in [0.4, 0.5) is 0 Å². The maximum Gasteiger partial charge on any atom is 0.326 e. The Morgan fingerprint density at radius 2 is 2.10 bits per heavy atom. The fourth-order valence-corrected chi connectivity index (χ4v) is 1.58. The zero-order valence-electron chi connectivity index (χ0n) is 11.4. The van der Waals surface area contributed by atoms with E-state index in [1.54, 1.807) is 0 Å². The number of nitrogens with zero attached hydrogens (tertiary/aromatic N) is 2. The molecule has 0 saturated heterocycles. The molecular formula is C12H16N4O5. The van der Waals surface area contributed by atoms with Crippen LogP contribution in [0.1, 0.15) is 30.3 Å². The molecule has 0 spiro atoms. The molecule has 1 aromatic heterocycles. The smallest absolute Gasteiger partial charge is 0.326 e. The molecule has 9 nitrogen and oxygen atoms in total. The van der Waals surface area contributed by atoms with Gasteiger partial charge in [0.05, 0.1) is 6.42 Å². The van der Waals surface area contributed by atoms with Crippen molar-refractivity contribution in [3.63, 3.8) is 0 Å².